The van der Waals surface area contributed by atoms with Crippen molar-refractivity contribution in [2.75, 3.05) is 0 Å². The van der Waals surface area contributed by atoms with Gasteiger partial charge in [-0.3, -0.25) is 10.1 Å². The van der Waals surface area contributed by atoms with Gasteiger partial charge in [-0.15, -0.1) is 0 Å². The summed E-state index contributed by atoms with van der Waals surface area (Å²) < 4.78 is 2.51. The molecule has 0 aliphatic rings. The minimum atomic E-state index is -0.420. The Labute approximate surface area is 122 Å². The van der Waals surface area contributed by atoms with Gasteiger partial charge in [0.25, 0.3) is 5.69 Å². The molecule has 0 amide bonds. The smallest absolute Gasteiger partial charge is 0.258 e. The lowest BCUT2D eigenvalue weighted by Crippen LogP contribution is -2.01. The molecule has 20 heavy (non-hydrogen) atoms. The lowest BCUT2D eigenvalue weighted by molar-refractivity contribution is -0.384. The monoisotopic (exact) mass is 332 g/mol. The van der Waals surface area contributed by atoms with Gasteiger partial charge in [-0.25, -0.2) is 9.67 Å². The summed E-state index contributed by atoms with van der Waals surface area (Å²) in [7, 11) is 0. The zero-order chi connectivity index (χ0) is 14.3. The molecule has 0 radical (unpaired) electrons. The Morgan fingerprint density at radius 2 is 2.10 bits per heavy atom. The van der Waals surface area contributed by atoms with E-state index < -0.39 is 4.92 Å². The molecule has 7 heteroatoms. The van der Waals surface area contributed by atoms with E-state index in [0.29, 0.717) is 11.3 Å². The van der Waals surface area contributed by atoms with Crippen molar-refractivity contribution in [3.8, 4) is 5.82 Å². The molecule has 0 fully saturated rings. The zero-order valence-electron chi connectivity index (χ0n) is 10.4. The van der Waals surface area contributed by atoms with E-state index in [-0.39, 0.29) is 5.69 Å². The number of aromatic nitrogens is 3. The number of nitro benzene ring substituents is 1. The lowest BCUT2D eigenvalue weighted by Gasteiger charge is -2.04. The van der Waals surface area contributed by atoms with Crippen LogP contribution in [-0.2, 0) is 0 Å². The second-order valence-electron chi connectivity index (χ2n) is 4.29. The normalized spacial score (nSPS) is 10.9. The molecule has 0 bridgehead atoms. The van der Waals surface area contributed by atoms with Gasteiger partial charge >= 0.3 is 0 Å². The number of rotatable bonds is 2. The standard InChI is InChI=1S/C13H9BrN4O2/c1-8-11(14)4-5-13(16-8)17-12-6-10(18(19)20)3-2-9(12)7-15-17/h2-7H,1H3. The Morgan fingerprint density at radius 3 is 2.80 bits per heavy atom. The zero-order valence-corrected chi connectivity index (χ0v) is 12.0. The van der Waals surface area contributed by atoms with E-state index >= 15 is 0 Å². The van der Waals surface area contributed by atoms with Gasteiger partial charge in [0.05, 0.1) is 22.3 Å². The molecule has 0 saturated carbocycles. The fourth-order valence-electron chi connectivity index (χ4n) is 1.95. The summed E-state index contributed by atoms with van der Waals surface area (Å²) in [5.74, 6) is 0.626. The van der Waals surface area contributed by atoms with Crippen molar-refractivity contribution in [2.45, 2.75) is 6.92 Å². The molecule has 2 aromatic heterocycles. The largest absolute Gasteiger partial charge is 0.271 e. The fourth-order valence-corrected chi connectivity index (χ4v) is 2.17. The van der Waals surface area contributed by atoms with Crippen molar-refractivity contribution >= 4 is 32.5 Å². The van der Waals surface area contributed by atoms with Gasteiger partial charge in [-0.1, -0.05) is 0 Å². The number of fused-ring (bicyclic) bond motifs is 1. The molecule has 0 saturated heterocycles. The first-order valence-electron chi connectivity index (χ1n) is 5.82. The average molecular weight is 333 g/mol. The van der Waals surface area contributed by atoms with Crippen molar-refractivity contribution in [1.29, 1.82) is 0 Å². The molecule has 1 aromatic carbocycles. The predicted molar refractivity (Wildman–Crippen MR) is 78.0 cm³/mol. The van der Waals surface area contributed by atoms with Crippen molar-refractivity contribution < 1.29 is 4.92 Å². The van der Waals surface area contributed by atoms with Gasteiger partial charge in [0, 0.05) is 22.0 Å². The van der Waals surface area contributed by atoms with E-state index in [1.54, 1.807) is 16.9 Å². The van der Waals surface area contributed by atoms with Crippen LogP contribution >= 0.6 is 15.9 Å². The number of hydrogen-bond donors (Lipinski definition) is 0. The minimum absolute atomic E-state index is 0.0353. The van der Waals surface area contributed by atoms with Crippen LogP contribution in [0.1, 0.15) is 5.69 Å². The van der Waals surface area contributed by atoms with Crippen LogP contribution in [0.4, 0.5) is 5.69 Å². The van der Waals surface area contributed by atoms with Crippen LogP contribution in [0, 0.1) is 17.0 Å². The Kier molecular flexibility index (Phi) is 2.98. The van der Waals surface area contributed by atoms with Crippen LogP contribution < -0.4 is 0 Å². The second-order valence-corrected chi connectivity index (χ2v) is 5.15. The summed E-state index contributed by atoms with van der Waals surface area (Å²) in [4.78, 5) is 14.9. The molecule has 0 spiro atoms. The summed E-state index contributed by atoms with van der Waals surface area (Å²) in [6, 6.07) is 8.34. The van der Waals surface area contributed by atoms with Crippen LogP contribution in [0.2, 0.25) is 0 Å². The highest BCUT2D eigenvalue weighted by molar-refractivity contribution is 9.10. The van der Waals surface area contributed by atoms with Crippen LogP contribution in [0.3, 0.4) is 0 Å². The van der Waals surface area contributed by atoms with Crippen LogP contribution in [0.25, 0.3) is 16.7 Å². The summed E-state index contributed by atoms with van der Waals surface area (Å²) >= 11 is 3.39. The van der Waals surface area contributed by atoms with Gasteiger partial charge in [0.2, 0.25) is 0 Å². The van der Waals surface area contributed by atoms with Crippen LogP contribution in [0.5, 0.6) is 0 Å². The molecule has 100 valence electrons. The van der Waals surface area contributed by atoms with E-state index in [9.17, 15) is 10.1 Å². The first-order valence-corrected chi connectivity index (χ1v) is 6.61. The first kappa shape index (κ1) is 12.7. The van der Waals surface area contributed by atoms with E-state index in [2.05, 4.69) is 26.0 Å². The van der Waals surface area contributed by atoms with Gasteiger partial charge < -0.3 is 0 Å². The number of aryl methyl sites for hydroxylation is 1. The predicted octanol–water partition coefficient (Wildman–Crippen LogP) is 3.40. The number of nitrogens with zero attached hydrogens (tertiary/aromatic N) is 4. The average Bonchev–Trinajstić information content (AvgIpc) is 2.84. The van der Waals surface area contributed by atoms with E-state index in [1.165, 1.54) is 12.1 Å². The molecular formula is C13H9BrN4O2. The molecule has 6 nitrogen and oxygen atoms in total. The molecule has 2 heterocycles. The molecule has 0 N–H and O–H groups in total. The highest BCUT2D eigenvalue weighted by atomic mass is 79.9. The highest BCUT2D eigenvalue weighted by Crippen LogP contribution is 2.23. The number of halogens is 1. The van der Waals surface area contributed by atoms with Crippen molar-refractivity contribution in [3.05, 3.63) is 56.8 Å². The maximum absolute atomic E-state index is 10.9. The maximum atomic E-state index is 10.9. The van der Waals surface area contributed by atoms with E-state index in [1.807, 2.05) is 19.1 Å². The molecule has 3 rings (SSSR count). The number of benzene rings is 1. The summed E-state index contributed by atoms with van der Waals surface area (Å²) in [6.07, 6.45) is 1.66. The molecule has 0 atom stereocenters. The third kappa shape index (κ3) is 2.05. The van der Waals surface area contributed by atoms with E-state index in [0.717, 1.165) is 15.6 Å². The van der Waals surface area contributed by atoms with Gasteiger partial charge in [-0.2, -0.15) is 5.10 Å². The maximum Gasteiger partial charge on any atom is 0.271 e. The van der Waals surface area contributed by atoms with Crippen molar-refractivity contribution in [3.63, 3.8) is 0 Å². The van der Waals surface area contributed by atoms with Crippen LogP contribution in [0.15, 0.2) is 41.0 Å². The van der Waals surface area contributed by atoms with Crippen molar-refractivity contribution in [2.24, 2.45) is 0 Å². The molecule has 3 aromatic rings. The number of hydrogen-bond acceptors (Lipinski definition) is 4. The van der Waals surface area contributed by atoms with Crippen molar-refractivity contribution in [1.82, 2.24) is 14.8 Å². The molecule has 0 aliphatic carbocycles. The minimum Gasteiger partial charge on any atom is -0.258 e. The van der Waals surface area contributed by atoms with Gasteiger partial charge in [0.1, 0.15) is 0 Å². The van der Waals surface area contributed by atoms with E-state index in [4.69, 9.17) is 0 Å². The number of non-ortho nitro benzene ring substituents is 1. The number of nitro groups is 1. The third-order valence-electron chi connectivity index (χ3n) is 2.99. The lowest BCUT2D eigenvalue weighted by atomic mass is 10.2. The topological polar surface area (TPSA) is 73.8 Å². The Bertz CT molecular complexity index is 828. The molecule has 0 aliphatic heterocycles. The summed E-state index contributed by atoms with van der Waals surface area (Å²) in [5.41, 5.74) is 1.53. The number of pyridine rings is 1. The summed E-state index contributed by atoms with van der Waals surface area (Å²) in [6.45, 7) is 1.88. The highest BCUT2D eigenvalue weighted by Gasteiger charge is 2.12. The molecule has 0 unspecified atom stereocenters. The first-order chi connectivity index (χ1) is 9.56. The van der Waals surface area contributed by atoms with Gasteiger partial charge in [0.15, 0.2) is 5.82 Å². The summed E-state index contributed by atoms with van der Waals surface area (Å²) in [5, 5.41) is 16.0. The fraction of sp³-hybridized carbons (Fsp3) is 0.0769. The third-order valence-corrected chi connectivity index (χ3v) is 3.83. The second kappa shape index (κ2) is 4.68. The quantitative estimate of drug-likeness (QED) is 0.532. The Balaban J connectivity index is 2.22. The molecular weight excluding hydrogens is 324 g/mol. The van der Waals surface area contributed by atoms with Crippen LogP contribution in [-0.4, -0.2) is 19.7 Å². The van der Waals surface area contributed by atoms with Gasteiger partial charge in [-0.05, 0) is 41.1 Å². The Hall–Kier alpha value is -2.28. The SMILES string of the molecule is Cc1nc(-n2ncc3ccc([N+](=O)[O-])cc32)ccc1Br. The Morgan fingerprint density at radius 1 is 1.30 bits per heavy atom.